The van der Waals surface area contributed by atoms with Crippen LogP contribution in [0, 0.1) is 0 Å². The maximum absolute atomic E-state index is 11.6. The van der Waals surface area contributed by atoms with E-state index in [4.69, 9.17) is 10.5 Å². The summed E-state index contributed by atoms with van der Waals surface area (Å²) in [5.41, 5.74) is 5.46. The number of carbonyl (C=O) groups is 1. The van der Waals surface area contributed by atoms with E-state index >= 15 is 0 Å². The number of nitrogens with zero attached hydrogens (tertiary/aromatic N) is 2. The van der Waals surface area contributed by atoms with Gasteiger partial charge in [0.15, 0.2) is 0 Å². The van der Waals surface area contributed by atoms with Crippen LogP contribution < -0.4 is 11.1 Å². The fourth-order valence-electron chi connectivity index (χ4n) is 2.77. The van der Waals surface area contributed by atoms with Crippen LogP contribution >= 0.6 is 0 Å². The Balaban J connectivity index is 2.27. The van der Waals surface area contributed by atoms with Gasteiger partial charge >= 0.3 is 6.09 Å². The van der Waals surface area contributed by atoms with E-state index in [1.54, 1.807) is 0 Å². The summed E-state index contributed by atoms with van der Waals surface area (Å²) in [5, 5.41) is 2.82. The average molecular weight is 314 g/mol. The first-order chi connectivity index (χ1) is 10.4. The molecule has 1 rings (SSSR count). The highest BCUT2D eigenvalue weighted by Gasteiger charge is 2.23. The summed E-state index contributed by atoms with van der Waals surface area (Å²) in [7, 11) is 0. The minimum absolute atomic E-state index is 0.332. The molecule has 3 N–H and O–H groups in total. The van der Waals surface area contributed by atoms with Gasteiger partial charge in [0.05, 0.1) is 0 Å². The van der Waals surface area contributed by atoms with Gasteiger partial charge < -0.3 is 20.7 Å². The molecule has 1 saturated heterocycles. The number of ether oxygens (including phenoxy) is 1. The number of nitrogens with one attached hydrogen (secondary N) is 1. The summed E-state index contributed by atoms with van der Waals surface area (Å²) in [5.74, 6) is 0. The van der Waals surface area contributed by atoms with Crippen LogP contribution in [0.4, 0.5) is 4.79 Å². The monoisotopic (exact) mass is 314 g/mol. The summed E-state index contributed by atoms with van der Waals surface area (Å²) in [6.07, 6.45) is 1.72. The van der Waals surface area contributed by atoms with Gasteiger partial charge in [0.1, 0.15) is 5.60 Å². The standard InChI is InChI=1S/C16H34N4O2/c1-5-8-19-9-11-20(12-10-19)14(13-17)6-7-18-15(21)22-16(2,3)4/h14H,5-13,17H2,1-4H3,(H,18,21). The largest absolute Gasteiger partial charge is 0.444 e. The quantitative estimate of drug-likeness (QED) is 0.740. The smallest absolute Gasteiger partial charge is 0.407 e. The van der Waals surface area contributed by atoms with Crippen molar-refractivity contribution in [1.29, 1.82) is 0 Å². The molecule has 1 unspecified atom stereocenters. The second-order valence-electron chi connectivity index (χ2n) is 6.98. The lowest BCUT2D eigenvalue weighted by atomic mass is 10.1. The van der Waals surface area contributed by atoms with E-state index in [1.807, 2.05) is 20.8 Å². The Morgan fingerprint density at radius 1 is 1.27 bits per heavy atom. The minimum Gasteiger partial charge on any atom is -0.444 e. The predicted octanol–water partition coefficient (Wildman–Crippen LogP) is 1.26. The molecule has 0 radical (unpaired) electrons. The van der Waals surface area contributed by atoms with Crippen molar-refractivity contribution in [3.05, 3.63) is 0 Å². The lowest BCUT2D eigenvalue weighted by Crippen LogP contribution is -2.53. The first kappa shape index (κ1) is 19.2. The first-order valence-corrected chi connectivity index (χ1v) is 8.49. The van der Waals surface area contributed by atoms with Crippen molar-refractivity contribution in [2.75, 3.05) is 45.8 Å². The number of nitrogens with two attached hydrogens (primary N) is 1. The molecule has 1 heterocycles. The van der Waals surface area contributed by atoms with Gasteiger partial charge in [-0.2, -0.15) is 0 Å². The Morgan fingerprint density at radius 2 is 1.91 bits per heavy atom. The van der Waals surface area contributed by atoms with E-state index in [0.29, 0.717) is 19.1 Å². The highest BCUT2D eigenvalue weighted by atomic mass is 16.6. The van der Waals surface area contributed by atoms with Crippen molar-refractivity contribution in [3.63, 3.8) is 0 Å². The van der Waals surface area contributed by atoms with E-state index < -0.39 is 5.60 Å². The highest BCUT2D eigenvalue weighted by molar-refractivity contribution is 5.67. The van der Waals surface area contributed by atoms with Crippen LogP contribution in [-0.2, 0) is 4.74 Å². The van der Waals surface area contributed by atoms with Crippen LogP contribution in [0.5, 0.6) is 0 Å². The first-order valence-electron chi connectivity index (χ1n) is 8.49. The molecule has 6 heteroatoms. The Kier molecular flexibility index (Phi) is 8.14. The number of hydrogen-bond acceptors (Lipinski definition) is 5. The third-order valence-electron chi connectivity index (χ3n) is 3.88. The molecule has 0 aromatic rings. The van der Waals surface area contributed by atoms with Crippen LogP contribution in [-0.4, -0.2) is 73.3 Å². The topological polar surface area (TPSA) is 70.8 Å². The van der Waals surface area contributed by atoms with E-state index in [9.17, 15) is 4.79 Å². The molecule has 1 fully saturated rings. The van der Waals surface area contributed by atoms with E-state index in [1.165, 1.54) is 13.0 Å². The third-order valence-corrected chi connectivity index (χ3v) is 3.88. The minimum atomic E-state index is -0.451. The van der Waals surface area contributed by atoms with Crippen LogP contribution in [0.3, 0.4) is 0 Å². The van der Waals surface area contributed by atoms with Crippen molar-refractivity contribution in [2.45, 2.75) is 52.2 Å². The zero-order chi connectivity index (χ0) is 16.6. The fraction of sp³-hybridized carbons (Fsp3) is 0.938. The number of amides is 1. The van der Waals surface area contributed by atoms with Gasteiger partial charge in [-0.1, -0.05) is 6.92 Å². The average Bonchev–Trinajstić information content (AvgIpc) is 2.43. The molecular weight excluding hydrogens is 280 g/mol. The predicted molar refractivity (Wildman–Crippen MR) is 90.0 cm³/mol. The van der Waals surface area contributed by atoms with Crippen molar-refractivity contribution in [1.82, 2.24) is 15.1 Å². The maximum Gasteiger partial charge on any atom is 0.407 e. The number of piperazine rings is 1. The molecule has 0 aromatic carbocycles. The number of carbonyl (C=O) groups excluding carboxylic acids is 1. The van der Waals surface area contributed by atoms with Crippen LogP contribution in [0.1, 0.15) is 40.5 Å². The Bertz CT molecular complexity index is 323. The Hall–Kier alpha value is -0.850. The Morgan fingerprint density at radius 3 is 2.41 bits per heavy atom. The van der Waals surface area contributed by atoms with Crippen LogP contribution in [0.15, 0.2) is 0 Å². The van der Waals surface area contributed by atoms with Gasteiger partial charge in [0.25, 0.3) is 0 Å². The molecular formula is C16H34N4O2. The molecule has 0 saturated carbocycles. The Labute approximate surface area is 135 Å². The second kappa shape index (κ2) is 9.33. The molecule has 0 bridgehead atoms. The fourth-order valence-corrected chi connectivity index (χ4v) is 2.77. The molecule has 0 aliphatic carbocycles. The molecule has 1 aliphatic rings. The number of rotatable bonds is 7. The van der Waals surface area contributed by atoms with E-state index in [0.717, 1.165) is 32.6 Å². The van der Waals surface area contributed by atoms with Crippen molar-refractivity contribution in [2.24, 2.45) is 5.73 Å². The molecule has 6 nitrogen and oxygen atoms in total. The van der Waals surface area contributed by atoms with E-state index in [2.05, 4.69) is 22.0 Å². The van der Waals surface area contributed by atoms with Crippen molar-refractivity contribution in [3.8, 4) is 0 Å². The normalized spacial score (nSPS) is 19.0. The second-order valence-corrected chi connectivity index (χ2v) is 6.98. The SMILES string of the molecule is CCCN1CCN(C(CN)CCNC(=O)OC(C)(C)C)CC1. The third kappa shape index (κ3) is 7.42. The lowest BCUT2D eigenvalue weighted by Gasteiger charge is -2.39. The zero-order valence-corrected chi connectivity index (χ0v) is 14.7. The van der Waals surface area contributed by atoms with Crippen LogP contribution in [0.25, 0.3) is 0 Å². The zero-order valence-electron chi connectivity index (χ0n) is 14.7. The maximum atomic E-state index is 11.6. The van der Waals surface area contributed by atoms with E-state index in [-0.39, 0.29) is 6.09 Å². The summed E-state index contributed by atoms with van der Waals surface area (Å²) in [4.78, 5) is 16.6. The molecule has 0 aromatic heterocycles. The van der Waals surface area contributed by atoms with Gasteiger partial charge in [-0.15, -0.1) is 0 Å². The molecule has 1 aliphatic heterocycles. The van der Waals surface area contributed by atoms with Gasteiger partial charge in [0, 0.05) is 45.3 Å². The molecule has 130 valence electrons. The van der Waals surface area contributed by atoms with Gasteiger partial charge in [0.2, 0.25) is 0 Å². The van der Waals surface area contributed by atoms with Crippen molar-refractivity contribution >= 4 is 6.09 Å². The van der Waals surface area contributed by atoms with Crippen molar-refractivity contribution < 1.29 is 9.53 Å². The van der Waals surface area contributed by atoms with Crippen LogP contribution in [0.2, 0.25) is 0 Å². The molecule has 22 heavy (non-hydrogen) atoms. The summed E-state index contributed by atoms with van der Waals surface area (Å²) < 4.78 is 5.24. The van der Waals surface area contributed by atoms with Gasteiger partial charge in [-0.3, -0.25) is 4.90 Å². The summed E-state index contributed by atoms with van der Waals surface area (Å²) in [6, 6.07) is 0.332. The molecule has 1 amide bonds. The molecule has 1 atom stereocenters. The van der Waals surface area contributed by atoms with Gasteiger partial charge in [-0.05, 0) is 40.2 Å². The number of alkyl carbamates (subject to hydrolysis) is 1. The number of hydrogen-bond donors (Lipinski definition) is 2. The summed E-state index contributed by atoms with van der Waals surface area (Å²) >= 11 is 0. The highest BCUT2D eigenvalue weighted by Crippen LogP contribution is 2.10. The van der Waals surface area contributed by atoms with Gasteiger partial charge in [-0.25, -0.2) is 4.79 Å². The lowest BCUT2D eigenvalue weighted by molar-refractivity contribution is 0.0515. The summed E-state index contributed by atoms with van der Waals surface area (Å²) in [6.45, 7) is 14.6. The molecule has 0 spiro atoms.